The molecule has 1 aliphatic rings. The van der Waals surface area contributed by atoms with E-state index in [0.717, 1.165) is 31.7 Å². The molecule has 0 atom stereocenters. The van der Waals surface area contributed by atoms with E-state index in [1.807, 2.05) is 24.3 Å². The Kier molecular flexibility index (Phi) is 3.13. The van der Waals surface area contributed by atoms with E-state index in [0.29, 0.717) is 5.75 Å². The van der Waals surface area contributed by atoms with Crippen LogP contribution in [0.25, 0.3) is 0 Å². The Balaban J connectivity index is 1.74. The summed E-state index contributed by atoms with van der Waals surface area (Å²) in [4.78, 5) is 2.41. The van der Waals surface area contributed by atoms with E-state index in [2.05, 4.69) is 11.0 Å². The van der Waals surface area contributed by atoms with Gasteiger partial charge in [0.05, 0.1) is 0 Å². The molecule has 0 unspecified atom stereocenters. The van der Waals surface area contributed by atoms with Gasteiger partial charge in [-0.05, 0) is 41.3 Å². The minimum Gasteiger partial charge on any atom is -0.508 e. The van der Waals surface area contributed by atoms with Crippen LogP contribution in [0.5, 0.6) is 5.75 Å². The fourth-order valence-electron chi connectivity index (χ4n) is 2.69. The molecule has 3 rings (SSSR count). The van der Waals surface area contributed by atoms with Gasteiger partial charge in [-0.15, -0.1) is 0 Å². The molecule has 19 heavy (non-hydrogen) atoms. The van der Waals surface area contributed by atoms with Gasteiger partial charge < -0.3 is 10.8 Å². The molecule has 2 aromatic carbocycles. The third kappa shape index (κ3) is 2.56. The predicted octanol–water partition coefficient (Wildman–Crippen LogP) is 2.53. The van der Waals surface area contributed by atoms with Crippen molar-refractivity contribution < 1.29 is 5.11 Å². The largest absolute Gasteiger partial charge is 0.508 e. The molecule has 3 nitrogen and oxygen atoms in total. The lowest BCUT2D eigenvalue weighted by atomic mass is 9.97. The van der Waals surface area contributed by atoms with Crippen molar-refractivity contribution >= 4 is 5.69 Å². The number of hydrogen-bond acceptors (Lipinski definition) is 3. The number of aromatic hydroxyl groups is 1. The lowest BCUT2D eigenvalue weighted by Gasteiger charge is -2.29. The Morgan fingerprint density at radius 3 is 2.68 bits per heavy atom. The normalized spacial score (nSPS) is 15.2. The highest BCUT2D eigenvalue weighted by molar-refractivity contribution is 5.51. The SMILES string of the molecule is Nc1cccc2c1CCN(Cc1ccc(O)cc1)C2. The van der Waals surface area contributed by atoms with Crippen LogP contribution >= 0.6 is 0 Å². The van der Waals surface area contributed by atoms with Gasteiger partial charge >= 0.3 is 0 Å². The topological polar surface area (TPSA) is 49.5 Å². The monoisotopic (exact) mass is 254 g/mol. The number of hydrogen-bond donors (Lipinski definition) is 2. The Hall–Kier alpha value is -2.00. The molecule has 3 heteroatoms. The van der Waals surface area contributed by atoms with Gasteiger partial charge in [-0.3, -0.25) is 4.90 Å². The van der Waals surface area contributed by atoms with Crippen molar-refractivity contribution in [3.05, 3.63) is 59.2 Å². The molecule has 1 aliphatic heterocycles. The molecular formula is C16H18N2O. The zero-order valence-corrected chi connectivity index (χ0v) is 10.8. The molecule has 1 heterocycles. The number of rotatable bonds is 2. The highest BCUT2D eigenvalue weighted by Gasteiger charge is 2.17. The first-order chi connectivity index (χ1) is 9.22. The summed E-state index contributed by atoms with van der Waals surface area (Å²) >= 11 is 0. The molecule has 3 N–H and O–H groups in total. The third-order valence-corrected chi connectivity index (χ3v) is 3.72. The van der Waals surface area contributed by atoms with Gasteiger partial charge in [0.15, 0.2) is 0 Å². The summed E-state index contributed by atoms with van der Waals surface area (Å²) in [5.41, 5.74) is 10.8. The highest BCUT2D eigenvalue weighted by Crippen LogP contribution is 2.25. The predicted molar refractivity (Wildman–Crippen MR) is 76.8 cm³/mol. The minimum absolute atomic E-state index is 0.320. The molecule has 0 amide bonds. The van der Waals surface area contributed by atoms with Crippen molar-refractivity contribution in [2.45, 2.75) is 19.5 Å². The summed E-state index contributed by atoms with van der Waals surface area (Å²) in [7, 11) is 0. The van der Waals surface area contributed by atoms with Crippen molar-refractivity contribution in [1.82, 2.24) is 4.90 Å². The lowest BCUT2D eigenvalue weighted by molar-refractivity contribution is 0.246. The van der Waals surface area contributed by atoms with Gasteiger partial charge in [0, 0.05) is 25.3 Å². The van der Waals surface area contributed by atoms with Crippen molar-refractivity contribution in [2.75, 3.05) is 12.3 Å². The summed E-state index contributed by atoms with van der Waals surface area (Å²) in [5.74, 6) is 0.320. The number of phenolic OH excluding ortho intramolecular Hbond substituents is 1. The first-order valence-electron chi connectivity index (χ1n) is 6.59. The second kappa shape index (κ2) is 4.94. The van der Waals surface area contributed by atoms with Gasteiger partial charge in [0.25, 0.3) is 0 Å². The maximum absolute atomic E-state index is 9.30. The number of benzene rings is 2. The van der Waals surface area contributed by atoms with E-state index in [1.54, 1.807) is 12.1 Å². The van der Waals surface area contributed by atoms with Crippen LogP contribution in [0.2, 0.25) is 0 Å². The van der Waals surface area contributed by atoms with Crippen LogP contribution in [0.15, 0.2) is 42.5 Å². The quantitative estimate of drug-likeness (QED) is 0.810. The molecule has 0 aromatic heterocycles. The molecule has 0 aliphatic carbocycles. The van der Waals surface area contributed by atoms with Gasteiger partial charge in [0.2, 0.25) is 0 Å². The average molecular weight is 254 g/mol. The van der Waals surface area contributed by atoms with Crippen LogP contribution in [-0.2, 0) is 19.5 Å². The van der Waals surface area contributed by atoms with Crippen molar-refractivity contribution in [2.24, 2.45) is 0 Å². The summed E-state index contributed by atoms with van der Waals surface area (Å²) in [6.45, 7) is 2.89. The van der Waals surface area contributed by atoms with E-state index in [-0.39, 0.29) is 0 Å². The number of nitrogens with two attached hydrogens (primary N) is 1. The second-order valence-electron chi connectivity index (χ2n) is 5.11. The van der Waals surface area contributed by atoms with Crippen molar-refractivity contribution in [1.29, 1.82) is 0 Å². The van der Waals surface area contributed by atoms with Crippen LogP contribution < -0.4 is 5.73 Å². The van der Waals surface area contributed by atoms with E-state index in [4.69, 9.17) is 5.73 Å². The lowest BCUT2D eigenvalue weighted by Crippen LogP contribution is -2.30. The molecule has 0 saturated heterocycles. The van der Waals surface area contributed by atoms with Gasteiger partial charge in [-0.2, -0.15) is 0 Å². The molecule has 0 spiro atoms. The maximum Gasteiger partial charge on any atom is 0.115 e. The number of nitrogens with zero attached hydrogens (tertiary/aromatic N) is 1. The molecule has 0 fully saturated rings. The molecule has 98 valence electrons. The van der Waals surface area contributed by atoms with Crippen LogP contribution in [0.3, 0.4) is 0 Å². The van der Waals surface area contributed by atoms with Crippen LogP contribution in [0.1, 0.15) is 16.7 Å². The summed E-state index contributed by atoms with van der Waals surface area (Å²) in [6, 6.07) is 13.6. The summed E-state index contributed by atoms with van der Waals surface area (Å²) in [6.07, 6.45) is 1.01. The fraction of sp³-hybridized carbons (Fsp3) is 0.250. The van der Waals surface area contributed by atoms with Gasteiger partial charge in [-0.25, -0.2) is 0 Å². The molecule has 0 saturated carbocycles. The first-order valence-corrected chi connectivity index (χ1v) is 6.59. The first kappa shape index (κ1) is 12.1. The Labute approximate surface area is 113 Å². The van der Waals surface area contributed by atoms with E-state index < -0.39 is 0 Å². The van der Waals surface area contributed by atoms with Gasteiger partial charge in [0.1, 0.15) is 5.75 Å². The van der Waals surface area contributed by atoms with Gasteiger partial charge in [-0.1, -0.05) is 24.3 Å². The van der Waals surface area contributed by atoms with Crippen LogP contribution in [0, 0.1) is 0 Å². The maximum atomic E-state index is 9.30. The smallest absolute Gasteiger partial charge is 0.115 e. The second-order valence-corrected chi connectivity index (χ2v) is 5.11. The van der Waals surface area contributed by atoms with E-state index >= 15 is 0 Å². The summed E-state index contributed by atoms with van der Waals surface area (Å²) in [5, 5.41) is 9.30. The summed E-state index contributed by atoms with van der Waals surface area (Å²) < 4.78 is 0. The molecular weight excluding hydrogens is 236 g/mol. The van der Waals surface area contributed by atoms with E-state index in [9.17, 15) is 5.11 Å². The van der Waals surface area contributed by atoms with Crippen LogP contribution in [-0.4, -0.2) is 16.6 Å². The number of anilines is 1. The molecule has 0 radical (unpaired) electrons. The minimum atomic E-state index is 0.320. The Morgan fingerprint density at radius 1 is 1.11 bits per heavy atom. The Morgan fingerprint density at radius 2 is 1.89 bits per heavy atom. The van der Waals surface area contributed by atoms with E-state index in [1.165, 1.54) is 16.7 Å². The number of phenols is 1. The number of fused-ring (bicyclic) bond motifs is 1. The van der Waals surface area contributed by atoms with Crippen molar-refractivity contribution in [3.8, 4) is 5.75 Å². The standard InChI is InChI=1S/C16H18N2O/c17-16-3-1-2-13-11-18(9-8-15(13)16)10-12-4-6-14(19)7-5-12/h1-7,19H,8-11,17H2. The highest BCUT2D eigenvalue weighted by atomic mass is 16.3. The number of nitrogen functional groups attached to an aromatic ring is 1. The van der Waals surface area contributed by atoms with Crippen LogP contribution in [0.4, 0.5) is 5.69 Å². The van der Waals surface area contributed by atoms with Crippen molar-refractivity contribution in [3.63, 3.8) is 0 Å². The Bertz CT molecular complexity index is 578. The molecule has 0 bridgehead atoms. The fourth-order valence-corrected chi connectivity index (χ4v) is 2.69. The zero-order valence-electron chi connectivity index (χ0n) is 10.8. The zero-order chi connectivity index (χ0) is 13.2. The third-order valence-electron chi connectivity index (χ3n) is 3.72. The average Bonchev–Trinajstić information content (AvgIpc) is 2.42. The molecule has 2 aromatic rings.